The molecule has 1 rings (SSSR count). The van der Waals surface area contributed by atoms with Crippen LogP contribution in [0.25, 0.3) is 0 Å². The molecule has 0 spiro atoms. The van der Waals surface area contributed by atoms with Crippen molar-refractivity contribution in [2.24, 2.45) is 0 Å². The van der Waals surface area contributed by atoms with Crippen LogP contribution < -0.4 is 34.3 Å². The fourth-order valence-electron chi connectivity index (χ4n) is 0.610. The van der Waals surface area contributed by atoms with Gasteiger partial charge in [-0.3, -0.25) is 0 Å². The summed E-state index contributed by atoms with van der Waals surface area (Å²) in [5.74, 6) is 0.850. The van der Waals surface area contributed by atoms with Crippen LogP contribution in [0.15, 0.2) is 29.2 Å². The van der Waals surface area contributed by atoms with Crippen LogP contribution in [0.1, 0.15) is 1.43 Å². The summed E-state index contributed by atoms with van der Waals surface area (Å²) in [6, 6.07) is 7.57. The van der Waals surface area contributed by atoms with Crippen LogP contribution in [-0.2, 0) is 0 Å². The maximum absolute atomic E-state index is 4.95. The van der Waals surface area contributed by atoms with E-state index in [2.05, 4.69) is 12.6 Å². The summed E-state index contributed by atoms with van der Waals surface area (Å²) < 4.78 is 4.95. The van der Waals surface area contributed by atoms with E-state index in [-0.39, 0.29) is 31.0 Å². The number of benzene rings is 1. The van der Waals surface area contributed by atoms with Crippen LogP contribution in [0, 0.1) is 0 Å². The minimum atomic E-state index is 0. The Bertz CT molecular complexity index is 207. The molecule has 0 fully saturated rings. The number of hydrogen-bond donors (Lipinski definition) is 1. The number of methoxy groups -OCH3 is 1. The topological polar surface area (TPSA) is 9.23 Å². The van der Waals surface area contributed by atoms with Crippen LogP contribution in [-0.4, -0.2) is 7.11 Å². The minimum absolute atomic E-state index is 0. The van der Waals surface area contributed by atoms with E-state index in [1.165, 1.54) is 0 Å². The monoisotopic (exact) mass is 164 g/mol. The molecule has 0 aliphatic carbocycles. The Kier molecular flexibility index (Phi) is 5.27. The first-order valence-corrected chi connectivity index (χ1v) is 3.10. The van der Waals surface area contributed by atoms with Crippen molar-refractivity contribution in [2.75, 3.05) is 7.11 Å². The maximum Gasteiger partial charge on any atom is 1.00 e. The van der Waals surface area contributed by atoms with Gasteiger partial charge in [-0.05, 0) is 18.2 Å². The predicted molar refractivity (Wildman–Crippen MR) is 41.4 cm³/mol. The largest absolute Gasteiger partial charge is 1.00 e. The summed E-state index contributed by atoms with van der Waals surface area (Å²) in [5.41, 5.74) is 0. The van der Waals surface area contributed by atoms with Gasteiger partial charge in [0.2, 0.25) is 0 Å². The average molecular weight is 164 g/mol. The van der Waals surface area contributed by atoms with Gasteiger partial charge in [0.05, 0.1) is 7.11 Å². The zero-order valence-corrected chi connectivity index (χ0v) is 9.06. The van der Waals surface area contributed by atoms with Crippen LogP contribution in [0.5, 0.6) is 5.75 Å². The third-order valence-corrected chi connectivity index (χ3v) is 1.33. The Morgan fingerprint density at radius 1 is 1.50 bits per heavy atom. The van der Waals surface area contributed by atoms with Crippen molar-refractivity contribution in [3.05, 3.63) is 24.3 Å². The molecule has 0 heterocycles. The molecule has 0 N–H and O–H groups in total. The van der Waals surface area contributed by atoms with Gasteiger partial charge in [-0.15, -0.1) is 12.6 Å². The first-order valence-electron chi connectivity index (χ1n) is 2.66. The molecule has 0 aliphatic rings. The van der Waals surface area contributed by atoms with Crippen LogP contribution >= 0.6 is 12.6 Å². The molecule has 0 unspecified atom stereocenters. The zero-order valence-electron chi connectivity index (χ0n) is 7.16. The van der Waals surface area contributed by atoms with Gasteiger partial charge in [-0.2, -0.15) is 0 Å². The minimum Gasteiger partial charge on any atom is -1.00 e. The second-order valence-electron chi connectivity index (χ2n) is 1.70. The molecular weight excluding hydrogens is 155 g/mol. The molecular formula is C7H9NaOS. The van der Waals surface area contributed by atoms with Crippen molar-refractivity contribution < 1.29 is 35.7 Å². The zero-order chi connectivity index (χ0) is 6.69. The van der Waals surface area contributed by atoms with E-state index in [0.717, 1.165) is 10.6 Å². The smallest absolute Gasteiger partial charge is 1.00 e. The number of hydrogen-bond acceptors (Lipinski definition) is 2. The fourth-order valence-corrected chi connectivity index (χ4v) is 0.824. The molecule has 0 radical (unpaired) electrons. The van der Waals surface area contributed by atoms with Gasteiger partial charge in [0.1, 0.15) is 5.75 Å². The summed E-state index contributed by atoms with van der Waals surface area (Å²) in [4.78, 5) is 0.925. The molecule has 3 heteroatoms. The third kappa shape index (κ3) is 2.97. The molecule has 1 nitrogen and oxygen atoms in total. The van der Waals surface area contributed by atoms with Gasteiger partial charge in [0.15, 0.2) is 0 Å². The van der Waals surface area contributed by atoms with E-state index >= 15 is 0 Å². The van der Waals surface area contributed by atoms with Crippen LogP contribution in [0.2, 0.25) is 0 Å². The van der Waals surface area contributed by atoms with Gasteiger partial charge in [0, 0.05) is 4.90 Å². The van der Waals surface area contributed by atoms with Crippen molar-refractivity contribution in [1.82, 2.24) is 0 Å². The molecule has 0 atom stereocenters. The maximum atomic E-state index is 4.95. The van der Waals surface area contributed by atoms with Crippen molar-refractivity contribution in [3.8, 4) is 5.75 Å². The summed E-state index contributed by atoms with van der Waals surface area (Å²) >= 11 is 4.13. The van der Waals surface area contributed by atoms with Gasteiger partial charge in [-0.1, -0.05) is 6.07 Å². The summed E-state index contributed by atoms with van der Waals surface area (Å²) in [7, 11) is 1.64. The molecule has 0 saturated heterocycles. The third-order valence-electron chi connectivity index (χ3n) is 1.05. The normalized spacial score (nSPS) is 8.20. The van der Waals surface area contributed by atoms with E-state index in [9.17, 15) is 0 Å². The van der Waals surface area contributed by atoms with E-state index in [4.69, 9.17) is 4.74 Å². The Morgan fingerprint density at radius 3 is 2.60 bits per heavy atom. The number of rotatable bonds is 1. The second kappa shape index (κ2) is 5.08. The quantitative estimate of drug-likeness (QED) is 0.418. The Labute approximate surface area is 90.0 Å². The Hall–Kier alpha value is 0.370. The van der Waals surface area contributed by atoms with Crippen molar-refractivity contribution >= 4 is 12.6 Å². The number of thiol groups is 1. The molecule has 10 heavy (non-hydrogen) atoms. The van der Waals surface area contributed by atoms with E-state index in [0.29, 0.717) is 0 Å². The first kappa shape index (κ1) is 10.4. The van der Waals surface area contributed by atoms with Crippen LogP contribution in [0.3, 0.4) is 0 Å². The second-order valence-corrected chi connectivity index (χ2v) is 2.22. The van der Waals surface area contributed by atoms with Crippen LogP contribution in [0.4, 0.5) is 0 Å². The van der Waals surface area contributed by atoms with Gasteiger partial charge in [-0.25, -0.2) is 0 Å². The van der Waals surface area contributed by atoms with E-state index in [1.807, 2.05) is 24.3 Å². The molecule has 50 valence electrons. The molecule has 0 saturated carbocycles. The predicted octanol–water partition coefficient (Wildman–Crippen LogP) is -0.900. The van der Waals surface area contributed by atoms with Gasteiger partial charge >= 0.3 is 29.6 Å². The summed E-state index contributed by atoms with van der Waals surface area (Å²) in [6.45, 7) is 0. The van der Waals surface area contributed by atoms with E-state index < -0.39 is 0 Å². The first-order chi connectivity index (χ1) is 4.33. The Morgan fingerprint density at radius 2 is 2.20 bits per heavy atom. The molecule has 0 aromatic heterocycles. The molecule has 0 aliphatic heterocycles. The van der Waals surface area contributed by atoms with Gasteiger partial charge in [0.25, 0.3) is 0 Å². The molecule has 0 amide bonds. The fraction of sp³-hybridized carbons (Fsp3) is 0.143. The van der Waals surface area contributed by atoms with E-state index in [1.54, 1.807) is 7.11 Å². The molecule has 0 bridgehead atoms. The van der Waals surface area contributed by atoms with Gasteiger partial charge < -0.3 is 6.16 Å². The summed E-state index contributed by atoms with van der Waals surface area (Å²) in [5, 5.41) is 0. The standard InChI is InChI=1S/C7H8OS.Na.H/c1-8-6-3-2-4-7(9)5-6;;/h2-5,9H,1H3;;/q;+1;-1. The van der Waals surface area contributed by atoms with Crippen molar-refractivity contribution in [2.45, 2.75) is 4.90 Å². The SMILES string of the molecule is COc1cccc(S)c1.[H-].[Na+]. The Balaban J connectivity index is 0. The molecule has 1 aromatic rings. The molecule has 1 aromatic carbocycles. The summed E-state index contributed by atoms with van der Waals surface area (Å²) in [6.07, 6.45) is 0. The average Bonchev–Trinajstić information content (AvgIpc) is 1.88. The van der Waals surface area contributed by atoms with Crippen molar-refractivity contribution in [1.29, 1.82) is 0 Å². The van der Waals surface area contributed by atoms with Crippen molar-refractivity contribution in [3.63, 3.8) is 0 Å². The number of ether oxygens (including phenoxy) is 1.